The number of halogens is 2. The summed E-state index contributed by atoms with van der Waals surface area (Å²) in [5.41, 5.74) is 0. The first-order valence-corrected chi connectivity index (χ1v) is 8.46. The topological polar surface area (TPSA) is 32.3 Å². The molecule has 1 saturated carbocycles. The Morgan fingerprint density at radius 2 is 1.71 bits per heavy atom. The second-order valence-corrected chi connectivity index (χ2v) is 6.96. The Morgan fingerprint density at radius 1 is 1.05 bits per heavy atom. The molecule has 120 valence electrons. The second kappa shape index (κ2) is 6.19. The lowest BCUT2D eigenvalue weighted by Crippen LogP contribution is -2.46. The average molecular weight is 300 g/mol. The molecule has 1 aliphatic carbocycles. The Bertz CT molecular complexity index is 372. The van der Waals surface area contributed by atoms with E-state index >= 15 is 0 Å². The van der Waals surface area contributed by atoms with Gasteiger partial charge in [0.05, 0.1) is 0 Å². The molecule has 1 atom stereocenters. The van der Waals surface area contributed by atoms with Crippen molar-refractivity contribution in [1.29, 1.82) is 0 Å². The fraction of sp³-hybridized carbons (Fsp3) is 0.938. The van der Waals surface area contributed by atoms with Gasteiger partial charge >= 0.3 is 0 Å². The van der Waals surface area contributed by atoms with E-state index in [1.165, 1.54) is 0 Å². The van der Waals surface area contributed by atoms with E-state index in [-0.39, 0.29) is 24.7 Å². The molecular formula is C16H26F2N2O. The largest absolute Gasteiger partial charge is 0.339 e. The first-order valence-electron chi connectivity index (χ1n) is 8.46. The standard InChI is InChI=1S/C16H26F2N2O/c17-16(18)7-3-13(4-8-16)15(21)20-11-1-2-14(20)12-5-9-19-10-6-12/h12-14,19H,1-11H2. The molecule has 0 radical (unpaired) electrons. The number of hydrogen-bond donors (Lipinski definition) is 1. The van der Waals surface area contributed by atoms with E-state index in [1.54, 1.807) is 0 Å². The molecular weight excluding hydrogens is 274 g/mol. The fourth-order valence-electron chi connectivity index (χ4n) is 4.31. The Labute approximate surface area is 125 Å². The van der Waals surface area contributed by atoms with Gasteiger partial charge in [-0.3, -0.25) is 4.79 Å². The lowest BCUT2D eigenvalue weighted by molar-refractivity contribution is -0.141. The summed E-state index contributed by atoms with van der Waals surface area (Å²) < 4.78 is 26.5. The monoisotopic (exact) mass is 300 g/mol. The van der Waals surface area contributed by atoms with Gasteiger partial charge in [-0.15, -0.1) is 0 Å². The number of nitrogens with one attached hydrogen (secondary N) is 1. The van der Waals surface area contributed by atoms with Gasteiger partial charge in [0, 0.05) is 31.3 Å². The maximum absolute atomic E-state index is 13.3. The number of amides is 1. The highest BCUT2D eigenvalue weighted by molar-refractivity contribution is 5.79. The highest BCUT2D eigenvalue weighted by Gasteiger charge is 2.42. The SMILES string of the molecule is O=C(C1CCC(F)(F)CC1)N1CCCC1C1CCNCC1. The van der Waals surface area contributed by atoms with Crippen LogP contribution in [0, 0.1) is 11.8 Å². The number of rotatable bonds is 2. The number of hydrogen-bond acceptors (Lipinski definition) is 2. The summed E-state index contributed by atoms with van der Waals surface area (Å²) >= 11 is 0. The van der Waals surface area contributed by atoms with Gasteiger partial charge in [-0.25, -0.2) is 8.78 Å². The number of piperidine rings is 1. The van der Waals surface area contributed by atoms with Crippen LogP contribution in [0.4, 0.5) is 8.78 Å². The van der Waals surface area contributed by atoms with Gasteiger partial charge in [-0.1, -0.05) is 0 Å². The van der Waals surface area contributed by atoms with E-state index in [0.29, 0.717) is 24.8 Å². The number of carbonyl (C=O) groups is 1. The fourth-order valence-corrected chi connectivity index (χ4v) is 4.31. The highest BCUT2D eigenvalue weighted by atomic mass is 19.3. The van der Waals surface area contributed by atoms with Crippen molar-refractivity contribution in [2.75, 3.05) is 19.6 Å². The molecule has 3 nitrogen and oxygen atoms in total. The molecule has 1 unspecified atom stereocenters. The minimum Gasteiger partial charge on any atom is -0.339 e. The molecule has 0 aromatic heterocycles. The summed E-state index contributed by atoms with van der Waals surface area (Å²) in [5.74, 6) is -1.95. The predicted octanol–water partition coefficient (Wildman–Crippen LogP) is 2.80. The Morgan fingerprint density at radius 3 is 2.38 bits per heavy atom. The minimum atomic E-state index is -2.55. The van der Waals surface area contributed by atoms with E-state index in [0.717, 1.165) is 45.3 Å². The number of carbonyl (C=O) groups excluding carboxylic acids is 1. The smallest absolute Gasteiger partial charge is 0.248 e. The molecule has 5 heteroatoms. The molecule has 3 fully saturated rings. The molecule has 1 N–H and O–H groups in total. The van der Waals surface area contributed by atoms with Crippen molar-refractivity contribution in [3.8, 4) is 0 Å². The van der Waals surface area contributed by atoms with Crippen LogP contribution in [0.15, 0.2) is 0 Å². The average Bonchev–Trinajstić information content (AvgIpc) is 2.97. The zero-order chi connectivity index (χ0) is 14.9. The number of likely N-dealkylation sites (tertiary alicyclic amines) is 1. The maximum Gasteiger partial charge on any atom is 0.248 e. The molecule has 21 heavy (non-hydrogen) atoms. The Balaban J connectivity index is 1.60. The molecule has 2 saturated heterocycles. The third-order valence-electron chi connectivity index (χ3n) is 5.58. The van der Waals surface area contributed by atoms with Crippen LogP contribution >= 0.6 is 0 Å². The van der Waals surface area contributed by atoms with E-state index in [2.05, 4.69) is 5.32 Å². The second-order valence-electron chi connectivity index (χ2n) is 6.96. The van der Waals surface area contributed by atoms with Gasteiger partial charge in [0.15, 0.2) is 0 Å². The van der Waals surface area contributed by atoms with Crippen molar-refractivity contribution in [1.82, 2.24) is 10.2 Å². The third-order valence-corrected chi connectivity index (χ3v) is 5.58. The lowest BCUT2D eigenvalue weighted by atomic mass is 9.84. The molecule has 0 aromatic rings. The molecule has 2 aliphatic heterocycles. The van der Waals surface area contributed by atoms with Gasteiger partial charge in [-0.05, 0) is 57.5 Å². The molecule has 3 aliphatic rings. The Kier molecular flexibility index (Phi) is 4.48. The zero-order valence-electron chi connectivity index (χ0n) is 12.6. The summed E-state index contributed by atoms with van der Waals surface area (Å²) in [5, 5.41) is 3.37. The number of alkyl halides is 2. The first-order chi connectivity index (χ1) is 10.1. The minimum absolute atomic E-state index is 0.116. The van der Waals surface area contributed by atoms with E-state index < -0.39 is 5.92 Å². The lowest BCUT2D eigenvalue weighted by Gasteiger charge is -2.37. The van der Waals surface area contributed by atoms with Crippen LogP contribution in [0.2, 0.25) is 0 Å². The maximum atomic E-state index is 13.3. The third kappa shape index (κ3) is 3.38. The predicted molar refractivity (Wildman–Crippen MR) is 77.2 cm³/mol. The van der Waals surface area contributed by atoms with Crippen LogP contribution in [-0.2, 0) is 4.79 Å². The van der Waals surface area contributed by atoms with Gasteiger partial charge in [-0.2, -0.15) is 0 Å². The van der Waals surface area contributed by atoms with E-state index in [9.17, 15) is 13.6 Å². The highest BCUT2D eigenvalue weighted by Crippen LogP contribution is 2.38. The molecule has 0 aromatic carbocycles. The van der Waals surface area contributed by atoms with Crippen molar-refractivity contribution >= 4 is 5.91 Å². The molecule has 0 spiro atoms. The summed E-state index contributed by atoms with van der Waals surface area (Å²) in [6, 6.07) is 0.363. The summed E-state index contributed by atoms with van der Waals surface area (Å²) in [6.07, 6.45) is 4.93. The normalized spacial score (nSPS) is 31.5. The van der Waals surface area contributed by atoms with Gasteiger partial charge < -0.3 is 10.2 Å². The molecule has 3 rings (SSSR count). The summed E-state index contributed by atoms with van der Waals surface area (Å²) in [4.78, 5) is 14.8. The summed E-state index contributed by atoms with van der Waals surface area (Å²) in [6.45, 7) is 2.91. The summed E-state index contributed by atoms with van der Waals surface area (Å²) in [7, 11) is 0. The van der Waals surface area contributed by atoms with Gasteiger partial charge in [0.2, 0.25) is 11.8 Å². The Hall–Kier alpha value is -0.710. The van der Waals surface area contributed by atoms with E-state index in [4.69, 9.17) is 0 Å². The van der Waals surface area contributed by atoms with Gasteiger partial charge in [0.1, 0.15) is 0 Å². The van der Waals surface area contributed by atoms with Crippen molar-refractivity contribution in [3.63, 3.8) is 0 Å². The van der Waals surface area contributed by atoms with Crippen LogP contribution in [0.3, 0.4) is 0 Å². The molecule has 2 heterocycles. The van der Waals surface area contributed by atoms with Crippen molar-refractivity contribution in [3.05, 3.63) is 0 Å². The van der Waals surface area contributed by atoms with Crippen molar-refractivity contribution in [2.45, 2.75) is 63.3 Å². The molecule has 0 bridgehead atoms. The van der Waals surface area contributed by atoms with Crippen LogP contribution in [0.25, 0.3) is 0 Å². The van der Waals surface area contributed by atoms with Crippen LogP contribution in [0.5, 0.6) is 0 Å². The van der Waals surface area contributed by atoms with Crippen molar-refractivity contribution in [2.24, 2.45) is 11.8 Å². The quantitative estimate of drug-likeness (QED) is 0.850. The molecule has 1 amide bonds. The first kappa shape index (κ1) is 15.2. The van der Waals surface area contributed by atoms with Crippen LogP contribution in [0.1, 0.15) is 51.4 Å². The van der Waals surface area contributed by atoms with Crippen LogP contribution < -0.4 is 5.32 Å². The zero-order valence-corrected chi connectivity index (χ0v) is 12.6. The van der Waals surface area contributed by atoms with Crippen molar-refractivity contribution < 1.29 is 13.6 Å². The van der Waals surface area contributed by atoms with Crippen LogP contribution in [-0.4, -0.2) is 42.4 Å². The van der Waals surface area contributed by atoms with Gasteiger partial charge in [0.25, 0.3) is 0 Å². The van der Waals surface area contributed by atoms with E-state index in [1.807, 2.05) is 4.90 Å². The number of nitrogens with zero attached hydrogens (tertiary/aromatic N) is 1.